The summed E-state index contributed by atoms with van der Waals surface area (Å²) in [6.07, 6.45) is 16.3. The molecule has 1 rings (SSSR count). The van der Waals surface area contributed by atoms with Crippen LogP contribution in [0.15, 0.2) is 58.7 Å². The average Bonchev–Trinajstić information content (AvgIpc) is 2.37. The van der Waals surface area contributed by atoms with Crippen molar-refractivity contribution in [1.29, 1.82) is 0 Å². The van der Waals surface area contributed by atoms with Crippen molar-refractivity contribution < 1.29 is 25.4 Å². The summed E-state index contributed by atoms with van der Waals surface area (Å²) in [6.45, 7) is 11.2. The number of aliphatic hydroxyl groups excluding tert-OH is 1. The molecule has 1 aliphatic carbocycles. The summed E-state index contributed by atoms with van der Waals surface area (Å²) < 4.78 is 0. The predicted molar refractivity (Wildman–Crippen MR) is 94.3 cm³/mol. The summed E-state index contributed by atoms with van der Waals surface area (Å²) in [5.74, 6) is 0. The molecule has 0 saturated carbocycles. The van der Waals surface area contributed by atoms with Gasteiger partial charge in [-0.2, -0.15) is 0 Å². The summed E-state index contributed by atoms with van der Waals surface area (Å²) in [4.78, 5) is 0. The monoisotopic (exact) mass is 294 g/mol. The van der Waals surface area contributed by atoms with Gasteiger partial charge in [0.1, 0.15) is 0 Å². The van der Waals surface area contributed by atoms with Crippen LogP contribution < -0.4 is 18.9 Å². The Morgan fingerprint density at radius 3 is 2.50 bits per heavy atom. The van der Waals surface area contributed by atoms with E-state index in [1.807, 2.05) is 19.1 Å². The first-order chi connectivity index (χ1) is 9.86. The van der Waals surface area contributed by atoms with E-state index in [0.29, 0.717) is 5.41 Å². The minimum absolute atomic E-state index is 0. The second-order valence-electron chi connectivity index (χ2n) is 6.67. The van der Waals surface area contributed by atoms with E-state index in [9.17, 15) is 0 Å². The molecular weight excluding hydrogens is 263 g/mol. The van der Waals surface area contributed by atoms with Crippen LogP contribution in [0.2, 0.25) is 0 Å². The first-order valence-electron chi connectivity index (χ1n) is 7.87. The quantitative estimate of drug-likeness (QED) is 0.610. The molecule has 0 saturated heterocycles. The fourth-order valence-electron chi connectivity index (χ4n) is 2.84. The van der Waals surface area contributed by atoms with Crippen molar-refractivity contribution in [3.05, 3.63) is 58.7 Å². The molecule has 0 aliphatic heterocycles. The maximum Gasteiger partial charge on any atom is 1.00 e. The van der Waals surface area contributed by atoms with Gasteiger partial charge in [-0.3, -0.25) is 0 Å². The molecule has 0 aromatic rings. The normalized spacial score (nSPS) is 19.9. The molecule has 0 atom stereocenters. The van der Waals surface area contributed by atoms with Crippen LogP contribution in [0.5, 0.6) is 0 Å². The number of hydrogen-bond acceptors (Lipinski definition) is 1. The minimum atomic E-state index is 0. The van der Waals surface area contributed by atoms with Crippen LogP contribution >= 0.6 is 0 Å². The first kappa shape index (κ1) is 21.3. The summed E-state index contributed by atoms with van der Waals surface area (Å²) in [6, 6.07) is 0. The molecule has 0 heterocycles. The number of rotatable bonds is 5. The third-order valence-electron chi connectivity index (χ3n) is 4.19. The third-order valence-corrected chi connectivity index (χ3v) is 4.19. The van der Waals surface area contributed by atoms with Gasteiger partial charge in [0.25, 0.3) is 0 Å². The molecular formula is C20H31LiO. The topological polar surface area (TPSA) is 20.2 Å². The van der Waals surface area contributed by atoms with Crippen LogP contribution in [0, 0.1) is 5.41 Å². The Morgan fingerprint density at radius 1 is 1.23 bits per heavy atom. The molecule has 22 heavy (non-hydrogen) atoms. The molecule has 0 radical (unpaired) electrons. The molecule has 118 valence electrons. The van der Waals surface area contributed by atoms with Gasteiger partial charge in [-0.25, -0.2) is 0 Å². The standard InChI is InChI=1S/C20H30O.Li.H/c1-16(8-6-9-17(2)13-15-21)11-12-19-18(3)10-7-14-20(19,4)5;;/h6,8-9,11-13,21H,7,10,14-15H2,1-5H3;;/q;+1;-1. The van der Waals surface area contributed by atoms with E-state index >= 15 is 0 Å². The molecule has 0 aromatic carbocycles. The number of allylic oxidation sites excluding steroid dienone is 9. The van der Waals surface area contributed by atoms with E-state index in [0.717, 1.165) is 5.57 Å². The first-order valence-corrected chi connectivity index (χ1v) is 7.87. The van der Waals surface area contributed by atoms with Gasteiger partial charge in [0.05, 0.1) is 6.61 Å². The molecule has 0 amide bonds. The van der Waals surface area contributed by atoms with Crippen molar-refractivity contribution in [2.45, 2.75) is 53.9 Å². The van der Waals surface area contributed by atoms with Crippen molar-refractivity contribution in [2.75, 3.05) is 6.61 Å². The van der Waals surface area contributed by atoms with Crippen LogP contribution in [0.1, 0.15) is 55.3 Å². The van der Waals surface area contributed by atoms with Crippen LogP contribution in [0.3, 0.4) is 0 Å². The molecule has 1 N–H and O–H groups in total. The van der Waals surface area contributed by atoms with Crippen LogP contribution in [-0.4, -0.2) is 11.7 Å². The summed E-state index contributed by atoms with van der Waals surface area (Å²) >= 11 is 0. The van der Waals surface area contributed by atoms with Gasteiger partial charge in [-0.1, -0.05) is 67.0 Å². The Bertz CT molecular complexity index is 508. The van der Waals surface area contributed by atoms with Gasteiger partial charge < -0.3 is 6.53 Å². The zero-order valence-electron chi connectivity index (χ0n) is 16.2. The molecule has 2 heteroatoms. The van der Waals surface area contributed by atoms with Gasteiger partial charge in [0, 0.05) is 0 Å². The van der Waals surface area contributed by atoms with E-state index < -0.39 is 0 Å². The molecule has 0 spiro atoms. The maximum atomic E-state index is 8.81. The van der Waals surface area contributed by atoms with Crippen molar-refractivity contribution >= 4 is 0 Å². The van der Waals surface area contributed by atoms with Crippen LogP contribution in [0.25, 0.3) is 0 Å². The number of hydrogen-bond donors (Lipinski definition) is 1. The van der Waals surface area contributed by atoms with Gasteiger partial charge >= 0.3 is 18.9 Å². The van der Waals surface area contributed by atoms with Crippen molar-refractivity contribution in [3.63, 3.8) is 0 Å². The number of aliphatic hydroxyl groups is 1. The maximum absolute atomic E-state index is 8.81. The Kier molecular flexibility index (Phi) is 9.77. The minimum Gasteiger partial charge on any atom is -1.00 e. The molecule has 0 aromatic heterocycles. The van der Waals surface area contributed by atoms with E-state index in [2.05, 4.69) is 45.9 Å². The third kappa shape index (κ3) is 7.01. The van der Waals surface area contributed by atoms with E-state index in [4.69, 9.17) is 5.11 Å². The zero-order valence-corrected chi connectivity index (χ0v) is 15.2. The van der Waals surface area contributed by atoms with Crippen molar-refractivity contribution in [1.82, 2.24) is 0 Å². The summed E-state index contributed by atoms with van der Waals surface area (Å²) in [5.41, 5.74) is 5.66. The second kappa shape index (κ2) is 10.1. The van der Waals surface area contributed by atoms with Gasteiger partial charge in [-0.15, -0.1) is 0 Å². The Morgan fingerprint density at radius 2 is 1.91 bits per heavy atom. The van der Waals surface area contributed by atoms with E-state index in [1.54, 1.807) is 6.08 Å². The average molecular weight is 294 g/mol. The Hall–Kier alpha value is -0.743. The van der Waals surface area contributed by atoms with Gasteiger partial charge in [0.15, 0.2) is 0 Å². The van der Waals surface area contributed by atoms with E-state index in [-0.39, 0.29) is 26.9 Å². The largest absolute Gasteiger partial charge is 1.00 e. The van der Waals surface area contributed by atoms with E-state index in [1.165, 1.54) is 36.0 Å². The SMILES string of the molecule is CC(C=CC1=C(C)CCCC1(C)C)=CC=CC(C)=CCO.[H-].[Li+]. The smallest absolute Gasteiger partial charge is 1.00 e. The summed E-state index contributed by atoms with van der Waals surface area (Å²) in [5, 5.41) is 8.81. The predicted octanol–water partition coefficient (Wildman–Crippen LogP) is 2.63. The molecule has 0 bridgehead atoms. The summed E-state index contributed by atoms with van der Waals surface area (Å²) in [7, 11) is 0. The van der Waals surface area contributed by atoms with Crippen LogP contribution in [0.4, 0.5) is 0 Å². The second-order valence-corrected chi connectivity index (χ2v) is 6.67. The molecule has 0 fully saturated rings. The van der Waals surface area contributed by atoms with Gasteiger partial charge in [0.2, 0.25) is 0 Å². The van der Waals surface area contributed by atoms with Crippen molar-refractivity contribution in [2.24, 2.45) is 5.41 Å². The molecule has 0 unspecified atom stereocenters. The molecule has 1 nitrogen and oxygen atoms in total. The van der Waals surface area contributed by atoms with Crippen LogP contribution in [-0.2, 0) is 0 Å². The fourth-order valence-corrected chi connectivity index (χ4v) is 2.84. The van der Waals surface area contributed by atoms with Gasteiger partial charge in [-0.05, 0) is 51.0 Å². The van der Waals surface area contributed by atoms with Crippen molar-refractivity contribution in [3.8, 4) is 0 Å². The Balaban J connectivity index is 0. The molecule has 1 aliphatic rings. The Labute approximate surface area is 150 Å². The zero-order chi connectivity index (χ0) is 15.9. The fraction of sp³-hybridized carbons (Fsp3) is 0.500.